The predicted molar refractivity (Wildman–Crippen MR) is 89.0 cm³/mol. The summed E-state index contributed by atoms with van der Waals surface area (Å²) in [5.74, 6) is 0.259. The van der Waals surface area contributed by atoms with E-state index >= 15 is 0 Å². The van der Waals surface area contributed by atoms with Crippen LogP contribution in [0.15, 0.2) is 4.79 Å². The summed E-state index contributed by atoms with van der Waals surface area (Å²) in [5, 5.41) is 0.868. The molecule has 3 rings (SSSR count). The summed E-state index contributed by atoms with van der Waals surface area (Å²) in [5.41, 5.74) is 1.32. The lowest BCUT2D eigenvalue weighted by Crippen LogP contribution is -2.26. The minimum atomic E-state index is 0.0658. The fourth-order valence-corrected chi connectivity index (χ4v) is 4.69. The second-order valence-electron chi connectivity index (χ2n) is 5.82. The SMILES string of the molecule is COCC(C)Cn1c(=S)[nH]c2sc3c(c2c1=O)CCCC3. The molecule has 1 aliphatic rings. The minimum absolute atomic E-state index is 0.0658. The number of nitrogens with one attached hydrogen (secondary N) is 1. The van der Waals surface area contributed by atoms with Crippen LogP contribution in [0.2, 0.25) is 0 Å². The molecule has 1 atom stereocenters. The van der Waals surface area contributed by atoms with Crippen LogP contribution in [0.1, 0.15) is 30.2 Å². The third-order valence-electron chi connectivity index (χ3n) is 4.04. The van der Waals surface area contributed by atoms with E-state index in [0.717, 1.165) is 23.1 Å². The number of thiophene rings is 1. The van der Waals surface area contributed by atoms with Gasteiger partial charge in [0, 0.05) is 18.5 Å². The van der Waals surface area contributed by atoms with Crippen LogP contribution in [0.3, 0.4) is 0 Å². The fourth-order valence-electron chi connectivity index (χ4n) is 3.09. The van der Waals surface area contributed by atoms with Gasteiger partial charge in [-0.1, -0.05) is 6.92 Å². The Morgan fingerprint density at radius 3 is 2.95 bits per heavy atom. The highest BCUT2D eigenvalue weighted by Crippen LogP contribution is 2.33. The number of ether oxygens (including phenoxy) is 1. The molecule has 0 fully saturated rings. The first kappa shape index (κ1) is 14.9. The number of aryl methyl sites for hydroxylation is 2. The lowest BCUT2D eigenvalue weighted by Gasteiger charge is -2.13. The maximum absolute atomic E-state index is 12.9. The summed E-state index contributed by atoms with van der Waals surface area (Å²) in [6.07, 6.45) is 4.51. The Hall–Kier alpha value is -0.980. The molecule has 0 radical (unpaired) electrons. The van der Waals surface area contributed by atoms with Gasteiger partial charge in [-0.05, 0) is 49.4 Å². The molecule has 0 bridgehead atoms. The van der Waals surface area contributed by atoms with E-state index in [1.807, 2.05) is 0 Å². The molecule has 0 saturated heterocycles. The van der Waals surface area contributed by atoms with Crippen molar-refractivity contribution in [2.45, 2.75) is 39.2 Å². The number of rotatable bonds is 4. The maximum Gasteiger partial charge on any atom is 0.263 e. The van der Waals surface area contributed by atoms with Gasteiger partial charge in [-0.25, -0.2) is 0 Å². The van der Waals surface area contributed by atoms with Crippen LogP contribution in [0.25, 0.3) is 10.2 Å². The maximum atomic E-state index is 12.9. The number of hydrogen-bond acceptors (Lipinski definition) is 4. The molecule has 21 heavy (non-hydrogen) atoms. The summed E-state index contributed by atoms with van der Waals surface area (Å²) in [4.78, 5) is 18.4. The van der Waals surface area contributed by atoms with E-state index in [1.165, 1.54) is 23.3 Å². The molecule has 0 aliphatic heterocycles. The third kappa shape index (κ3) is 2.72. The topological polar surface area (TPSA) is 47.0 Å². The quantitative estimate of drug-likeness (QED) is 0.878. The van der Waals surface area contributed by atoms with Crippen LogP contribution in [-0.2, 0) is 24.1 Å². The highest BCUT2D eigenvalue weighted by molar-refractivity contribution is 7.71. The monoisotopic (exact) mass is 324 g/mol. The average Bonchev–Trinajstić information content (AvgIpc) is 2.81. The summed E-state index contributed by atoms with van der Waals surface area (Å²) in [6, 6.07) is 0. The molecule has 2 aromatic rings. The first-order valence-electron chi connectivity index (χ1n) is 7.38. The molecule has 1 unspecified atom stereocenters. The molecule has 0 aromatic carbocycles. The van der Waals surface area contributed by atoms with E-state index < -0.39 is 0 Å². The predicted octanol–water partition coefficient (Wildman–Crippen LogP) is 3.28. The molecular formula is C15H20N2O2S2. The zero-order chi connectivity index (χ0) is 15.0. The molecule has 6 heteroatoms. The van der Waals surface area contributed by atoms with Crippen molar-refractivity contribution in [2.75, 3.05) is 13.7 Å². The molecule has 1 N–H and O–H groups in total. The summed E-state index contributed by atoms with van der Waals surface area (Å²) in [6.45, 7) is 3.29. The lowest BCUT2D eigenvalue weighted by molar-refractivity contribution is 0.150. The van der Waals surface area contributed by atoms with Crippen molar-refractivity contribution >= 4 is 33.8 Å². The van der Waals surface area contributed by atoms with Crippen LogP contribution in [0.5, 0.6) is 0 Å². The molecule has 114 valence electrons. The standard InChI is InChI=1S/C15H20N2O2S2/c1-9(8-19-2)7-17-14(18)12-10-5-3-4-6-11(10)21-13(12)16-15(17)20/h9H,3-8H2,1-2H3,(H,16,20). The molecule has 4 nitrogen and oxygen atoms in total. The van der Waals surface area contributed by atoms with E-state index in [2.05, 4.69) is 11.9 Å². The molecule has 2 aromatic heterocycles. The summed E-state index contributed by atoms with van der Waals surface area (Å²) >= 11 is 7.09. The van der Waals surface area contributed by atoms with Crippen LogP contribution in [0, 0.1) is 10.7 Å². The van der Waals surface area contributed by atoms with Crippen LogP contribution < -0.4 is 5.56 Å². The van der Waals surface area contributed by atoms with Gasteiger partial charge >= 0.3 is 0 Å². The Morgan fingerprint density at radius 2 is 2.19 bits per heavy atom. The Kier molecular flexibility index (Phi) is 4.28. The second-order valence-corrected chi connectivity index (χ2v) is 7.31. The van der Waals surface area contributed by atoms with Gasteiger partial charge in [-0.2, -0.15) is 0 Å². The number of H-pyrrole nitrogens is 1. The lowest BCUT2D eigenvalue weighted by atomic mass is 9.97. The third-order valence-corrected chi connectivity index (χ3v) is 5.57. The highest BCUT2D eigenvalue weighted by atomic mass is 32.1. The Morgan fingerprint density at radius 1 is 1.43 bits per heavy atom. The van der Waals surface area contributed by atoms with Crippen molar-refractivity contribution in [3.63, 3.8) is 0 Å². The van der Waals surface area contributed by atoms with Gasteiger partial charge in [0.15, 0.2) is 4.77 Å². The first-order valence-corrected chi connectivity index (χ1v) is 8.60. The molecule has 2 heterocycles. The van der Waals surface area contributed by atoms with Gasteiger partial charge in [0.1, 0.15) is 4.83 Å². The van der Waals surface area contributed by atoms with Crippen LogP contribution >= 0.6 is 23.6 Å². The zero-order valence-corrected chi connectivity index (χ0v) is 14.0. The van der Waals surface area contributed by atoms with Gasteiger partial charge in [0.05, 0.1) is 12.0 Å². The van der Waals surface area contributed by atoms with Gasteiger partial charge in [-0.15, -0.1) is 11.3 Å². The van der Waals surface area contributed by atoms with Gasteiger partial charge in [-0.3, -0.25) is 9.36 Å². The molecule has 1 aliphatic carbocycles. The Bertz CT molecular complexity index is 772. The smallest absolute Gasteiger partial charge is 0.263 e. The number of aromatic amines is 1. The van der Waals surface area contributed by atoms with Crippen molar-refractivity contribution in [3.8, 4) is 0 Å². The van der Waals surface area contributed by atoms with Gasteiger partial charge < -0.3 is 9.72 Å². The van der Waals surface area contributed by atoms with Crippen molar-refractivity contribution in [1.29, 1.82) is 0 Å². The number of nitrogens with zero attached hydrogens (tertiary/aromatic N) is 1. The second kappa shape index (κ2) is 6.02. The van der Waals surface area contributed by atoms with Crippen LogP contribution in [-0.4, -0.2) is 23.3 Å². The molecule has 0 saturated carbocycles. The fraction of sp³-hybridized carbons (Fsp3) is 0.600. The molecule has 0 amide bonds. The number of hydrogen-bond donors (Lipinski definition) is 1. The molecule has 0 spiro atoms. The Balaban J connectivity index is 2.13. The summed E-state index contributed by atoms with van der Waals surface area (Å²) < 4.78 is 7.38. The van der Waals surface area contributed by atoms with Crippen molar-refractivity contribution in [1.82, 2.24) is 9.55 Å². The van der Waals surface area contributed by atoms with E-state index in [-0.39, 0.29) is 11.5 Å². The number of methoxy groups -OCH3 is 1. The van der Waals surface area contributed by atoms with Crippen molar-refractivity contribution in [3.05, 3.63) is 25.6 Å². The minimum Gasteiger partial charge on any atom is -0.384 e. The van der Waals surface area contributed by atoms with E-state index in [4.69, 9.17) is 17.0 Å². The molecular weight excluding hydrogens is 304 g/mol. The van der Waals surface area contributed by atoms with Gasteiger partial charge in [0.25, 0.3) is 5.56 Å². The van der Waals surface area contributed by atoms with Crippen molar-refractivity contribution in [2.24, 2.45) is 5.92 Å². The number of fused-ring (bicyclic) bond motifs is 3. The normalized spacial score (nSPS) is 16.1. The van der Waals surface area contributed by atoms with E-state index in [1.54, 1.807) is 23.0 Å². The zero-order valence-electron chi connectivity index (χ0n) is 12.4. The summed E-state index contributed by atoms with van der Waals surface area (Å²) in [7, 11) is 1.68. The largest absolute Gasteiger partial charge is 0.384 e. The Labute approximate surface area is 132 Å². The van der Waals surface area contributed by atoms with Gasteiger partial charge in [0.2, 0.25) is 0 Å². The first-order chi connectivity index (χ1) is 10.1. The van der Waals surface area contributed by atoms with Crippen molar-refractivity contribution < 1.29 is 4.74 Å². The average molecular weight is 324 g/mol. The van der Waals surface area contributed by atoms with E-state index in [9.17, 15) is 4.79 Å². The number of aromatic nitrogens is 2. The highest BCUT2D eigenvalue weighted by Gasteiger charge is 2.20. The van der Waals surface area contributed by atoms with E-state index in [0.29, 0.717) is 17.9 Å². The van der Waals surface area contributed by atoms with Crippen LogP contribution in [0.4, 0.5) is 0 Å².